The molecule has 1 fully saturated rings. The van der Waals surface area contributed by atoms with Crippen LogP contribution in [0.5, 0.6) is 0 Å². The Bertz CT molecular complexity index is 328. The molecule has 80 valence electrons. The van der Waals surface area contributed by atoms with Gasteiger partial charge in [0.25, 0.3) is 4.90 Å². The third-order valence-electron chi connectivity index (χ3n) is 2.48. The molecule has 0 aliphatic carbocycles. The number of nitrogens with one attached hydrogen (secondary N) is 1. The standard InChI is InChI=1S/C11H16N3S/c12-8-9-3-5-10(6-4-9)15-14-11-2-1-7-13-11/h3-6,11,13H,1-2,7-8,12H2/q+1. The Kier molecular flexibility index (Phi) is 3.77. The van der Waals surface area contributed by atoms with E-state index >= 15 is 0 Å². The Hall–Kier alpha value is -0.840. The maximum Gasteiger partial charge on any atom is 0.358 e. The van der Waals surface area contributed by atoms with Crippen LogP contribution in [0.3, 0.4) is 0 Å². The van der Waals surface area contributed by atoms with Crippen LogP contribution in [0, 0.1) is 0 Å². The summed E-state index contributed by atoms with van der Waals surface area (Å²) in [5.74, 6) is 0. The first-order valence-electron chi connectivity index (χ1n) is 5.28. The summed E-state index contributed by atoms with van der Waals surface area (Å²) in [4.78, 5) is 1.18. The third-order valence-corrected chi connectivity index (χ3v) is 3.32. The van der Waals surface area contributed by atoms with Gasteiger partial charge in [-0.2, -0.15) is 0 Å². The van der Waals surface area contributed by atoms with E-state index in [0.717, 1.165) is 13.0 Å². The van der Waals surface area contributed by atoms with Crippen molar-refractivity contribution in [1.82, 2.24) is 5.32 Å². The second kappa shape index (κ2) is 5.30. The molecule has 1 aliphatic rings. The summed E-state index contributed by atoms with van der Waals surface area (Å²) in [5.41, 5.74) is 6.70. The van der Waals surface area contributed by atoms with Crippen LogP contribution in [0.4, 0.5) is 0 Å². The van der Waals surface area contributed by atoms with E-state index in [2.05, 4.69) is 33.9 Å². The molecule has 1 heterocycles. The molecule has 4 heteroatoms. The van der Waals surface area contributed by atoms with Crippen LogP contribution in [0.1, 0.15) is 18.4 Å². The van der Waals surface area contributed by atoms with E-state index in [9.17, 15) is 0 Å². The molecule has 0 amide bonds. The number of benzene rings is 1. The minimum atomic E-state index is 0.337. The van der Waals surface area contributed by atoms with Gasteiger partial charge in [0.2, 0.25) is 0 Å². The first kappa shape index (κ1) is 10.7. The molecule has 1 aliphatic heterocycles. The lowest BCUT2D eigenvalue weighted by atomic mass is 10.2. The van der Waals surface area contributed by atoms with E-state index in [1.807, 2.05) is 0 Å². The highest BCUT2D eigenvalue weighted by atomic mass is 32.1. The highest BCUT2D eigenvalue weighted by molar-refractivity contribution is 7.68. The van der Waals surface area contributed by atoms with E-state index in [1.165, 1.54) is 16.9 Å². The second-order valence-electron chi connectivity index (χ2n) is 3.66. The van der Waals surface area contributed by atoms with Crippen LogP contribution in [0.2, 0.25) is 0 Å². The molecule has 15 heavy (non-hydrogen) atoms. The minimum absolute atomic E-state index is 0.337. The zero-order chi connectivity index (χ0) is 10.5. The van der Waals surface area contributed by atoms with E-state index < -0.39 is 0 Å². The van der Waals surface area contributed by atoms with Gasteiger partial charge in [0.15, 0.2) is 6.17 Å². The van der Waals surface area contributed by atoms with E-state index in [-0.39, 0.29) is 0 Å². The van der Waals surface area contributed by atoms with Crippen LogP contribution in [-0.2, 0) is 18.1 Å². The highest BCUT2D eigenvalue weighted by Crippen LogP contribution is 2.09. The maximum atomic E-state index is 5.53. The van der Waals surface area contributed by atoms with Crippen molar-refractivity contribution in [2.45, 2.75) is 30.4 Å². The Balaban J connectivity index is 1.97. The fourth-order valence-electron chi connectivity index (χ4n) is 1.57. The Morgan fingerprint density at radius 2 is 2.20 bits per heavy atom. The zero-order valence-corrected chi connectivity index (χ0v) is 9.46. The molecular weight excluding hydrogens is 206 g/mol. The Morgan fingerprint density at radius 3 is 2.80 bits per heavy atom. The normalized spacial score (nSPS) is 21.3. The van der Waals surface area contributed by atoms with Crippen LogP contribution in [0.15, 0.2) is 33.5 Å². The average molecular weight is 222 g/mol. The van der Waals surface area contributed by atoms with Gasteiger partial charge in [-0.05, 0) is 29.3 Å². The van der Waals surface area contributed by atoms with Crippen molar-refractivity contribution in [1.29, 1.82) is 0 Å². The first-order chi connectivity index (χ1) is 7.38. The van der Waals surface area contributed by atoms with Gasteiger partial charge >= 0.3 is 11.6 Å². The van der Waals surface area contributed by atoms with E-state index in [4.69, 9.17) is 5.73 Å². The lowest BCUT2D eigenvalue weighted by Gasteiger charge is -1.93. The second-order valence-corrected chi connectivity index (χ2v) is 4.52. The van der Waals surface area contributed by atoms with Gasteiger partial charge in [0.1, 0.15) is 0 Å². The molecule has 2 rings (SSSR count). The van der Waals surface area contributed by atoms with Crippen molar-refractivity contribution >= 4 is 11.6 Å². The largest absolute Gasteiger partial charge is 0.358 e. The first-order valence-corrected chi connectivity index (χ1v) is 6.05. The predicted molar refractivity (Wildman–Crippen MR) is 63.4 cm³/mol. The van der Waals surface area contributed by atoms with Crippen molar-refractivity contribution in [3.05, 3.63) is 29.8 Å². The molecule has 0 spiro atoms. The lowest BCUT2D eigenvalue weighted by Crippen LogP contribution is -2.18. The zero-order valence-electron chi connectivity index (χ0n) is 8.65. The fraction of sp³-hybridized carbons (Fsp3) is 0.455. The van der Waals surface area contributed by atoms with Crippen LogP contribution in [-0.4, -0.2) is 12.7 Å². The van der Waals surface area contributed by atoms with Gasteiger partial charge < -0.3 is 5.73 Å². The molecule has 1 aromatic rings. The number of nitrogens with two attached hydrogens (primary N) is 1. The van der Waals surface area contributed by atoms with Crippen LogP contribution < -0.4 is 11.1 Å². The molecule has 0 saturated carbocycles. The van der Waals surface area contributed by atoms with Crippen molar-refractivity contribution < 1.29 is 0 Å². The molecule has 1 atom stereocenters. The molecule has 0 bridgehead atoms. The van der Waals surface area contributed by atoms with Gasteiger partial charge in [-0.15, -0.1) is 0 Å². The fourth-order valence-corrected chi connectivity index (χ4v) is 2.25. The van der Waals surface area contributed by atoms with Crippen molar-refractivity contribution in [3.63, 3.8) is 0 Å². The number of nitrogens with zero attached hydrogens (tertiary/aromatic N) is 1. The summed E-state index contributed by atoms with van der Waals surface area (Å²) >= 11 is 1.56. The summed E-state index contributed by atoms with van der Waals surface area (Å²) < 4.78 is 4.52. The van der Waals surface area contributed by atoms with E-state index in [0.29, 0.717) is 12.7 Å². The SMILES string of the molecule is NCc1ccc([S+]=NC2CCCN2)cc1. The maximum absolute atomic E-state index is 5.53. The summed E-state index contributed by atoms with van der Waals surface area (Å²) in [6, 6.07) is 8.26. The molecule has 1 unspecified atom stereocenters. The Morgan fingerprint density at radius 1 is 1.40 bits per heavy atom. The van der Waals surface area contributed by atoms with Gasteiger partial charge in [-0.3, -0.25) is 5.32 Å². The predicted octanol–water partition coefficient (Wildman–Crippen LogP) is 1.48. The molecule has 0 aromatic heterocycles. The van der Waals surface area contributed by atoms with Crippen LogP contribution in [0.25, 0.3) is 0 Å². The highest BCUT2D eigenvalue weighted by Gasteiger charge is 2.17. The quantitative estimate of drug-likeness (QED) is 0.761. The topological polar surface area (TPSA) is 50.4 Å². The molecule has 1 aromatic carbocycles. The van der Waals surface area contributed by atoms with Gasteiger partial charge in [0.05, 0.1) is 0 Å². The number of hydrogen-bond acceptors (Lipinski definition) is 3. The molecular formula is C11H16N3S+. The monoisotopic (exact) mass is 222 g/mol. The minimum Gasteiger partial charge on any atom is -0.326 e. The van der Waals surface area contributed by atoms with E-state index in [1.54, 1.807) is 11.6 Å². The molecule has 0 radical (unpaired) electrons. The number of hydrogen-bond donors (Lipinski definition) is 2. The molecule has 1 saturated heterocycles. The molecule has 3 nitrogen and oxygen atoms in total. The summed E-state index contributed by atoms with van der Waals surface area (Å²) in [6.45, 7) is 1.70. The third kappa shape index (κ3) is 3.06. The van der Waals surface area contributed by atoms with Crippen molar-refractivity contribution in [3.8, 4) is 0 Å². The number of rotatable bonds is 3. The molecule has 3 N–H and O–H groups in total. The Labute approximate surface area is 94.2 Å². The lowest BCUT2D eigenvalue weighted by molar-refractivity contribution is 0.645. The van der Waals surface area contributed by atoms with Gasteiger partial charge in [-0.1, -0.05) is 12.1 Å². The average Bonchev–Trinajstić information content (AvgIpc) is 2.80. The smallest absolute Gasteiger partial charge is 0.326 e. The summed E-state index contributed by atoms with van der Waals surface area (Å²) in [7, 11) is 0. The summed E-state index contributed by atoms with van der Waals surface area (Å²) in [5, 5.41) is 3.34. The van der Waals surface area contributed by atoms with Crippen molar-refractivity contribution in [2.75, 3.05) is 6.54 Å². The van der Waals surface area contributed by atoms with Crippen LogP contribution >= 0.6 is 0 Å². The van der Waals surface area contributed by atoms with Crippen molar-refractivity contribution in [2.24, 2.45) is 10.1 Å². The van der Waals surface area contributed by atoms with Gasteiger partial charge in [0, 0.05) is 18.7 Å². The van der Waals surface area contributed by atoms with Gasteiger partial charge in [-0.25, -0.2) is 0 Å². The summed E-state index contributed by atoms with van der Waals surface area (Å²) in [6.07, 6.45) is 2.73.